The summed E-state index contributed by atoms with van der Waals surface area (Å²) in [4.78, 5) is 0. The van der Waals surface area contributed by atoms with Crippen LogP contribution < -0.4 is 5.32 Å². The topological polar surface area (TPSA) is 12.0 Å². The third kappa shape index (κ3) is 3.36. The van der Waals surface area contributed by atoms with Crippen molar-refractivity contribution in [1.82, 2.24) is 5.32 Å². The molecule has 0 aliphatic heterocycles. The highest BCUT2D eigenvalue weighted by Crippen LogP contribution is 2.27. The Hall–Kier alpha value is 0.310. The Balaban J connectivity index is 2.03. The van der Waals surface area contributed by atoms with E-state index in [0.717, 1.165) is 11.3 Å². The quantitative estimate of drug-likeness (QED) is 0.664. The number of nitrogens with one attached hydrogen (secondary N) is 1. The molecule has 72 valence electrons. The van der Waals surface area contributed by atoms with Crippen LogP contribution in [0, 0.1) is 0 Å². The van der Waals surface area contributed by atoms with Gasteiger partial charge in [0.05, 0.1) is 0 Å². The molecule has 0 aromatic heterocycles. The maximum atomic E-state index is 3.63. The van der Waals surface area contributed by atoms with Gasteiger partial charge in [0.1, 0.15) is 0 Å². The summed E-state index contributed by atoms with van der Waals surface area (Å²) in [5.41, 5.74) is 0. The third-order valence-corrected chi connectivity index (χ3v) is 3.78. The molecule has 0 spiro atoms. The zero-order chi connectivity index (χ0) is 8.81. The van der Waals surface area contributed by atoms with Gasteiger partial charge in [-0.05, 0) is 38.5 Å². The maximum absolute atomic E-state index is 3.63. The van der Waals surface area contributed by atoms with Crippen LogP contribution in [0.1, 0.15) is 39.0 Å². The maximum Gasteiger partial charge on any atom is 0.00779 e. The van der Waals surface area contributed by atoms with Gasteiger partial charge in [0, 0.05) is 11.3 Å². The molecule has 1 N–H and O–H groups in total. The minimum Gasteiger partial charge on any atom is -0.314 e. The number of rotatable bonds is 5. The summed E-state index contributed by atoms with van der Waals surface area (Å²) in [7, 11) is 0. The first-order valence-electron chi connectivity index (χ1n) is 5.13. The molecule has 2 atom stereocenters. The van der Waals surface area contributed by atoms with Gasteiger partial charge in [-0.2, -0.15) is 11.8 Å². The smallest absolute Gasteiger partial charge is 0.00779 e. The molecule has 0 aromatic rings. The summed E-state index contributed by atoms with van der Waals surface area (Å²) in [6.45, 7) is 3.48. The van der Waals surface area contributed by atoms with Crippen LogP contribution in [-0.2, 0) is 0 Å². The van der Waals surface area contributed by atoms with Gasteiger partial charge in [0.2, 0.25) is 0 Å². The lowest BCUT2D eigenvalue weighted by atomic mass is 10.2. The van der Waals surface area contributed by atoms with Crippen LogP contribution in [0.25, 0.3) is 0 Å². The lowest BCUT2D eigenvalue weighted by Crippen LogP contribution is -2.27. The fraction of sp³-hybridized carbons (Fsp3) is 1.00. The molecule has 0 heterocycles. The van der Waals surface area contributed by atoms with Gasteiger partial charge in [-0.1, -0.05) is 13.3 Å². The Bertz CT molecular complexity index is 116. The van der Waals surface area contributed by atoms with Crippen molar-refractivity contribution in [3.05, 3.63) is 0 Å². The average molecular weight is 187 g/mol. The lowest BCUT2D eigenvalue weighted by molar-refractivity contribution is 0.513. The van der Waals surface area contributed by atoms with E-state index in [9.17, 15) is 0 Å². The van der Waals surface area contributed by atoms with E-state index in [2.05, 4.69) is 18.5 Å². The van der Waals surface area contributed by atoms with Crippen molar-refractivity contribution in [2.45, 2.75) is 50.3 Å². The Morgan fingerprint density at radius 3 is 2.83 bits per heavy atom. The molecular formula is C10H21NS. The van der Waals surface area contributed by atoms with E-state index < -0.39 is 0 Å². The molecule has 1 saturated carbocycles. The second kappa shape index (κ2) is 5.87. The van der Waals surface area contributed by atoms with Crippen LogP contribution in [0.2, 0.25) is 0 Å². The van der Waals surface area contributed by atoms with Crippen LogP contribution in [-0.4, -0.2) is 24.1 Å². The minimum atomic E-state index is 0.828. The van der Waals surface area contributed by atoms with Gasteiger partial charge >= 0.3 is 0 Å². The monoisotopic (exact) mass is 187 g/mol. The standard InChI is InChI=1S/C10H21NS/c1-3-4-7-11-9-5-6-10(8-9)12-2/h9-11H,3-8H2,1-2H3. The van der Waals surface area contributed by atoms with Crippen LogP contribution >= 0.6 is 11.8 Å². The van der Waals surface area contributed by atoms with E-state index in [1.165, 1.54) is 38.6 Å². The highest BCUT2D eigenvalue weighted by atomic mass is 32.2. The molecule has 1 aliphatic rings. The number of unbranched alkanes of at least 4 members (excludes halogenated alkanes) is 1. The Kier molecular flexibility index (Phi) is 5.08. The second-order valence-corrected chi connectivity index (χ2v) is 4.81. The van der Waals surface area contributed by atoms with Crippen molar-refractivity contribution in [3.8, 4) is 0 Å². The molecule has 0 bridgehead atoms. The van der Waals surface area contributed by atoms with E-state index in [-0.39, 0.29) is 0 Å². The van der Waals surface area contributed by atoms with Crippen LogP contribution in [0.5, 0.6) is 0 Å². The van der Waals surface area contributed by atoms with Crippen molar-refractivity contribution < 1.29 is 0 Å². The van der Waals surface area contributed by atoms with Crippen molar-refractivity contribution in [2.75, 3.05) is 12.8 Å². The predicted molar refractivity (Wildman–Crippen MR) is 57.9 cm³/mol. The van der Waals surface area contributed by atoms with Gasteiger partial charge in [0.15, 0.2) is 0 Å². The van der Waals surface area contributed by atoms with Gasteiger partial charge in [0.25, 0.3) is 0 Å². The zero-order valence-corrected chi connectivity index (χ0v) is 9.12. The molecule has 12 heavy (non-hydrogen) atoms. The summed E-state index contributed by atoms with van der Waals surface area (Å²) in [5, 5.41) is 4.57. The number of hydrogen-bond donors (Lipinski definition) is 1. The van der Waals surface area contributed by atoms with E-state index in [1.54, 1.807) is 0 Å². The molecular weight excluding hydrogens is 166 g/mol. The van der Waals surface area contributed by atoms with Gasteiger partial charge < -0.3 is 5.32 Å². The molecule has 0 aromatic carbocycles. The number of hydrogen-bond acceptors (Lipinski definition) is 2. The molecule has 0 amide bonds. The summed E-state index contributed by atoms with van der Waals surface area (Å²) >= 11 is 2.04. The van der Waals surface area contributed by atoms with Gasteiger partial charge in [-0.3, -0.25) is 0 Å². The first kappa shape index (κ1) is 10.4. The van der Waals surface area contributed by atoms with Crippen LogP contribution in [0.3, 0.4) is 0 Å². The molecule has 0 radical (unpaired) electrons. The van der Waals surface area contributed by atoms with Crippen LogP contribution in [0.4, 0.5) is 0 Å². The predicted octanol–water partition coefficient (Wildman–Crippen LogP) is 2.66. The lowest BCUT2D eigenvalue weighted by Gasteiger charge is -2.11. The molecule has 1 nitrogen and oxygen atoms in total. The fourth-order valence-corrected chi connectivity index (χ4v) is 2.62. The van der Waals surface area contributed by atoms with Gasteiger partial charge in [-0.15, -0.1) is 0 Å². The Labute approximate surface area is 80.7 Å². The first-order chi connectivity index (χ1) is 5.86. The second-order valence-electron chi connectivity index (χ2n) is 3.68. The minimum absolute atomic E-state index is 0.828. The Morgan fingerprint density at radius 2 is 2.25 bits per heavy atom. The highest BCUT2D eigenvalue weighted by Gasteiger charge is 2.22. The number of thioether (sulfide) groups is 1. The van der Waals surface area contributed by atoms with E-state index >= 15 is 0 Å². The van der Waals surface area contributed by atoms with E-state index in [0.29, 0.717) is 0 Å². The molecule has 1 fully saturated rings. The van der Waals surface area contributed by atoms with E-state index in [4.69, 9.17) is 0 Å². The summed E-state index contributed by atoms with van der Waals surface area (Å²) in [5.74, 6) is 0. The molecule has 1 aliphatic carbocycles. The first-order valence-corrected chi connectivity index (χ1v) is 6.41. The fourth-order valence-electron chi connectivity index (χ4n) is 1.82. The van der Waals surface area contributed by atoms with E-state index in [1.807, 2.05) is 11.8 Å². The molecule has 2 heteroatoms. The molecule has 0 saturated heterocycles. The van der Waals surface area contributed by atoms with Crippen LogP contribution in [0.15, 0.2) is 0 Å². The largest absolute Gasteiger partial charge is 0.314 e. The van der Waals surface area contributed by atoms with Gasteiger partial charge in [-0.25, -0.2) is 0 Å². The summed E-state index contributed by atoms with van der Waals surface area (Å²) in [6, 6.07) is 0.828. The third-order valence-electron chi connectivity index (χ3n) is 2.68. The zero-order valence-electron chi connectivity index (χ0n) is 8.31. The Morgan fingerprint density at radius 1 is 1.42 bits per heavy atom. The van der Waals surface area contributed by atoms with Crippen molar-refractivity contribution in [3.63, 3.8) is 0 Å². The van der Waals surface area contributed by atoms with Crippen molar-refractivity contribution in [2.24, 2.45) is 0 Å². The highest BCUT2D eigenvalue weighted by molar-refractivity contribution is 7.99. The summed E-state index contributed by atoms with van der Waals surface area (Å²) < 4.78 is 0. The molecule has 2 unspecified atom stereocenters. The normalized spacial score (nSPS) is 29.5. The average Bonchev–Trinajstić information content (AvgIpc) is 2.53. The van der Waals surface area contributed by atoms with Crippen molar-refractivity contribution in [1.29, 1.82) is 0 Å². The summed E-state index contributed by atoms with van der Waals surface area (Å²) in [6.07, 6.45) is 9.09. The molecule has 1 rings (SSSR count). The SMILES string of the molecule is CCCCNC1CCC(SC)C1. The van der Waals surface area contributed by atoms with Crippen molar-refractivity contribution >= 4 is 11.8 Å².